The van der Waals surface area contributed by atoms with E-state index in [9.17, 15) is 13.2 Å². The maximum Gasteiger partial charge on any atom is 0.306 e. The van der Waals surface area contributed by atoms with Crippen molar-refractivity contribution in [2.75, 3.05) is 19.5 Å². The molecule has 2 unspecified atom stereocenters. The molecule has 1 saturated heterocycles. The normalized spacial score (nSPS) is 24.5. The zero-order valence-electron chi connectivity index (χ0n) is 8.93. The summed E-state index contributed by atoms with van der Waals surface area (Å²) in [5, 5.41) is -0.317. The van der Waals surface area contributed by atoms with Crippen molar-refractivity contribution in [2.24, 2.45) is 0 Å². The molecule has 1 aliphatic heterocycles. The molecular formula is C9H16O5S. The smallest absolute Gasteiger partial charge is 0.306 e. The second-order valence-corrected chi connectivity index (χ2v) is 6.07. The van der Waals surface area contributed by atoms with E-state index in [1.165, 1.54) is 7.11 Å². The van der Waals surface area contributed by atoms with Crippen LogP contribution >= 0.6 is 0 Å². The van der Waals surface area contributed by atoms with Gasteiger partial charge in [0.05, 0.1) is 17.6 Å². The van der Waals surface area contributed by atoms with Crippen LogP contribution in [0.2, 0.25) is 0 Å². The Hall–Kier alpha value is -0.620. The molecule has 0 aromatic rings. The molecule has 0 aromatic carbocycles. The van der Waals surface area contributed by atoms with Crippen LogP contribution in [0.3, 0.4) is 0 Å². The predicted molar refractivity (Wildman–Crippen MR) is 54.2 cm³/mol. The monoisotopic (exact) mass is 236 g/mol. The van der Waals surface area contributed by atoms with E-state index in [0.717, 1.165) is 0 Å². The van der Waals surface area contributed by atoms with Crippen molar-refractivity contribution >= 4 is 15.8 Å². The molecule has 6 heteroatoms. The zero-order valence-corrected chi connectivity index (χ0v) is 9.75. The van der Waals surface area contributed by atoms with Crippen LogP contribution in [0.1, 0.15) is 19.8 Å². The number of carbonyl (C=O) groups is 1. The molecule has 1 rings (SSSR count). The lowest BCUT2D eigenvalue weighted by Crippen LogP contribution is -2.19. The molecule has 1 heterocycles. The van der Waals surface area contributed by atoms with Crippen molar-refractivity contribution in [1.82, 2.24) is 0 Å². The van der Waals surface area contributed by atoms with Crippen LogP contribution in [0.4, 0.5) is 0 Å². The number of ether oxygens (including phenoxy) is 2. The average molecular weight is 236 g/mol. The Bertz CT molecular complexity index is 321. The SMILES string of the molecule is COCC(C)OC(=O)CCC1CS1(=O)=O. The second-order valence-electron chi connectivity index (χ2n) is 3.75. The van der Waals surface area contributed by atoms with Gasteiger partial charge in [-0.3, -0.25) is 4.79 Å². The predicted octanol–water partition coefficient (Wildman–Crippen LogP) is 0.142. The third-order valence-electron chi connectivity index (χ3n) is 2.22. The van der Waals surface area contributed by atoms with Gasteiger partial charge in [0.15, 0.2) is 9.84 Å². The summed E-state index contributed by atoms with van der Waals surface area (Å²) in [6.45, 7) is 2.09. The van der Waals surface area contributed by atoms with Crippen molar-refractivity contribution in [1.29, 1.82) is 0 Å². The Balaban J connectivity index is 2.14. The largest absolute Gasteiger partial charge is 0.460 e. The van der Waals surface area contributed by atoms with Crippen molar-refractivity contribution in [2.45, 2.75) is 31.1 Å². The fourth-order valence-corrected chi connectivity index (χ4v) is 2.73. The van der Waals surface area contributed by atoms with Crippen LogP contribution in [-0.2, 0) is 24.1 Å². The van der Waals surface area contributed by atoms with E-state index < -0.39 is 9.84 Å². The molecule has 0 bridgehead atoms. The fraction of sp³-hybridized carbons (Fsp3) is 0.889. The fourth-order valence-electron chi connectivity index (χ4n) is 1.31. The van der Waals surface area contributed by atoms with Crippen LogP contribution < -0.4 is 0 Å². The topological polar surface area (TPSA) is 69.7 Å². The number of methoxy groups -OCH3 is 1. The van der Waals surface area contributed by atoms with Crippen molar-refractivity contribution in [3.63, 3.8) is 0 Å². The summed E-state index contributed by atoms with van der Waals surface area (Å²) in [5.41, 5.74) is 0. The van der Waals surface area contributed by atoms with E-state index in [1.54, 1.807) is 6.92 Å². The molecule has 0 aromatic heterocycles. The minimum Gasteiger partial charge on any atom is -0.460 e. The van der Waals surface area contributed by atoms with Gasteiger partial charge in [0.1, 0.15) is 6.10 Å². The van der Waals surface area contributed by atoms with Crippen molar-refractivity contribution < 1.29 is 22.7 Å². The minimum absolute atomic E-state index is 0.165. The molecule has 15 heavy (non-hydrogen) atoms. The number of carbonyl (C=O) groups excluding carboxylic acids is 1. The standard InChI is InChI=1S/C9H16O5S/c1-7(5-13-2)14-9(10)4-3-8-6-15(8,11)12/h7-8H,3-6H2,1-2H3. The van der Waals surface area contributed by atoms with Gasteiger partial charge in [-0.25, -0.2) is 8.42 Å². The molecule has 0 spiro atoms. The van der Waals surface area contributed by atoms with Gasteiger partial charge in [-0.15, -0.1) is 0 Å². The van der Waals surface area contributed by atoms with Gasteiger partial charge in [0.25, 0.3) is 0 Å². The maximum atomic E-state index is 11.2. The van der Waals surface area contributed by atoms with Gasteiger partial charge in [0.2, 0.25) is 0 Å². The van der Waals surface area contributed by atoms with Crippen LogP contribution in [0.25, 0.3) is 0 Å². The van der Waals surface area contributed by atoms with E-state index in [-0.39, 0.29) is 29.5 Å². The quantitative estimate of drug-likeness (QED) is 0.484. The van der Waals surface area contributed by atoms with E-state index >= 15 is 0 Å². The molecule has 1 fully saturated rings. The lowest BCUT2D eigenvalue weighted by molar-refractivity contribution is -0.150. The summed E-state index contributed by atoms with van der Waals surface area (Å²) >= 11 is 0. The summed E-state index contributed by atoms with van der Waals surface area (Å²) in [4.78, 5) is 11.2. The number of esters is 1. The van der Waals surface area contributed by atoms with Crippen LogP contribution in [0, 0.1) is 0 Å². The molecule has 2 atom stereocenters. The first-order valence-corrected chi connectivity index (χ1v) is 6.57. The Morgan fingerprint density at radius 2 is 2.13 bits per heavy atom. The third kappa shape index (κ3) is 4.17. The molecule has 0 N–H and O–H groups in total. The average Bonchev–Trinajstić information content (AvgIpc) is 2.71. The van der Waals surface area contributed by atoms with Crippen LogP contribution in [0.15, 0.2) is 0 Å². The Kier molecular flexibility index (Phi) is 4.10. The highest BCUT2D eigenvalue weighted by molar-refractivity contribution is 7.99. The highest BCUT2D eigenvalue weighted by Gasteiger charge is 2.43. The van der Waals surface area contributed by atoms with E-state index in [2.05, 4.69) is 0 Å². The molecule has 1 aliphatic rings. The van der Waals surface area contributed by atoms with Gasteiger partial charge in [-0.1, -0.05) is 0 Å². The molecule has 0 radical (unpaired) electrons. The summed E-state index contributed by atoms with van der Waals surface area (Å²) in [7, 11) is -1.30. The molecule has 0 amide bonds. The van der Waals surface area contributed by atoms with Gasteiger partial charge in [-0.2, -0.15) is 0 Å². The first-order valence-electron chi connectivity index (χ1n) is 4.85. The van der Waals surface area contributed by atoms with Gasteiger partial charge < -0.3 is 9.47 Å². The molecule has 0 aliphatic carbocycles. The van der Waals surface area contributed by atoms with E-state index in [4.69, 9.17) is 9.47 Å². The lowest BCUT2D eigenvalue weighted by atomic mass is 10.2. The summed E-state index contributed by atoms with van der Waals surface area (Å²) in [5.74, 6) is -0.143. The summed E-state index contributed by atoms with van der Waals surface area (Å²) in [6.07, 6.45) is 0.261. The molecule has 88 valence electrons. The van der Waals surface area contributed by atoms with Crippen molar-refractivity contribution in [3.8, 4) is 0 Å². The molecular weight excluding hydrogens is 220 g/mol. The Labute approximate surface area is 89.7 Å². The third-order valence-corrected chi connectivity index (χ3v) is 4.07. The van der Waals surface area contributed by atoms with E-state index in [1.807, 2.05) is 0 Å². The first kappa shape index (κ1) is 12.4. The number of sulfone groups is 1. The number of hydrogen-bond donors (Lipinski definition) is 0. The summed E-state index contributed by atoms with van der Waals surface area (Å²) < 4.78 is 31.5. The van der Waals surface area contributed by atoms with Crippen molar-refractivity contribution in [3.05, 3.63) is 0 Å². The van der Waals surface area contributed by atoms with Gasteiger partial charge in [-0.05, 0) is 13.3 Å². The second kappa shape index (κ2) is 4.94. The number of hydrogen-bond acceptors (Lipinski definition) is 5. The molecule has 0 saturated carbocycles. The Morgan fingerprint density at radius 1 is 1.53 bits per heavy atom. The first-order chi connectivity index (χ1) is 6.95. The van der Waals surface area contributed by atoms with Crippen LogP contribution in [0.5, 0.6) is 0 Å². The lowest BCUT2D eigenvalue weighted by Gasteiger charge is -2.11. The number of rotatable bonds is 6. The highest BCUT2D eigenvalue weighted by atomic mass is 32.2. The van der Waals surface area contributed by atoms with Crippen LogP contribution in [-0.4, -0.2) is 45.2 Å². The molecule has 5 nitrogen and oxygen atoms in total. The van der Waals surface area contributed by atoms with Gasteiger partial charge in [0, 0.05) is 13.5 Å². The highest BCUT2D eigenvalue weighted by Crippen LogP contribution is 2.25. The maximum absolute atomic E-state index is 11.2. The zero-order chi connectivity index (χ0) is 11.5. The van der Waals surface area contributed by atoms with Gasteiger partial charge >= 0.3 is 5.97 Å². The van der Waals surface area contributed by atoms with E-state index in [0.29, 0.717) is 13.0 Å². The summed E-state index contributed by atoms with van der Waals surface area (Å²) in [6, 6.07) is 0. The minimum atomic E-state index is -2.82. The Morgan fingerprint density at radius 3 is 2.60 bits per heavy atom.